The molecule has 0 saturated carbocycles. The van der Waals surface area contributed by atoms with Crippen LogP contribution in [0.15, 0.2) is 34.7 Å². The van der Waals surface area contributed by atoms with E-state index in [1.807, 2.05) is 12.1 Å². The fraction of sp³-hybridized carbons (Fsp3) is 0.333. The maximum Gasteiger partial charge on any atom is 0.141 e. The van der Waals surface area contributed by atoms with Gasteiger partial charge in [0.2, 0.25) is 0 Å². The molecule has 0 aliphatic rings. The third-order valence-electron chi connectivity index (χ3n) is 2.82. The monoisotopic (exact) mass is 349 g/mol. The molecule has 0 saturated heterocycles. The number of furan rings is 1. The van der Waals surface area contributed by atoms with Gasteiger partial charge in [-0.1, -0.05) is 11.6 Å². The lowest BCUT2D eigenvalue weighted by Crippen LogP contribution is -2.19. The molecule has 0 unspecified atom stereocenters. The van der Waals surface area contributed by atoms with E-state index in [-0.39, 0.29) is 24.0 Å². The lowest BCUT2D eigenvalue weighted by Gasteiger charge is -2.03. The van der Waals surface area contributed by atoms with Crippen molar-refractivity contribution in [1.82, 2.24) is 5.32 Å². The largest absolute Gasteiger partial charge is 0.460 e. The summed E-state index contributed by atoms with van der Waals surface area (Å²) in [5.41, 5.74) is 0.735. The highest BCUT2D eigenvalue weighted by atomic mass is 35.5. The van der Waals surface area contributed by atoms with E-state index in [2.05, 4.69) is 5.32 Å². The molecule has 1 aromatic heterocycles. The molecule has 1 aromatic carbocycles. The molecular formula is C15H18Cl2FNO3. The van der Waals surface area contributed by atoms with Gasteiger partial charge in [0.15, 0.2) is 0 Å². The van der Waals surface area contributed by atoms with Gasteiger partial charge in [0.1, 0.15) is 17.3 Å². The van der Waals surface area contributed by atoms with Gasteiger partial charge in [-0.3, -0.25) is 0 Å². The summed E-state index contributed by atoms with van der Waals surface area (Å²) >= 11 is 5.75. The van der Waals surface area contributed by atoms with Gasteiger partial charge < -0.3 is 19.6 Å². The van der Waals surface area contributed by atoms with E-state index in [0.717, 1.165) is 11.3 Å². The van der Waals surface area contributed by atoms with Crippen LogP contribution in [-0.4, -0.2) is 31.5 Å². The van der Waals surface area contributed by atoms with Gasteiger partial charge >= 0.3 is 0 Å². The Bertz CT molecular complexity index is 578. The summed E-state index contributed by atoms with van der Waals surface area (Å²) in [6.07, 6.45) is 0. The molecule has 2 rings (SSSR count). The predicted octanol–water partition coefficient (Wildman–Crippen LogP) is 3.26. The van der Waals surface area contributed by atoms with E-state index in [4.69, 9.17) is 25.9 Å². The number of aliphatic hydroxyl groups is 1. The number of nitrogens with one attached hydrogen (secondary N) is 1. The molecule has 2 aromatic rings. The number of benzene rings is 1. The molecule has 0 aliphatic heterocycles. The quantitative estimate of drug-likeness (QED) is 0.718. The highest BCUT2D eigenvalue weighted by Gasteiger charge is 2.07. The van der Waals surface area contributed by atoms with Crippen molar-refractivity contribution in [2.75, 3.05) is 26.4 Å². The standard InChI is InChI=1S/C15H17ClFNO3.ClH/c16-13-9-11(1-3-14(13)17)15-4-2-12(21-15)10-18-5-7-20-8-6-19;/h1-4,9,18-19H,5-8,10H2;1H. The molecule has 22 heavy (non-hydrogen) atoms. The van der Waals surface area contributed by atoms with Gasteiger partial charge in [0, 0.05) is 12.1 Å². The second kappa shape index (κ2) is 9.82. The number of hydrogen-bond acceptors (Lipinski definition) is 4. The maximum atomic E-state index is 13.1. The Balaban J connectivity index is 0.00000242. The van der Waals surface area contributed by atoms with Crippen molar-refractivity contribution in [2.45, 2.75) is 6.54 Å². The molecule has 2 N–H and O–H groups in total. The van der Waals surface area contributed by atoms with E-state index < -0.39 is 5.82 Å². The van der Waals surface area contributed by atoms with E-state index >= 15 is 0 Å². The van der Waals surface area contributed by atoms with Crippen LogP contribution in [-0.2, 0) is 11.3 Å². The van der Waals surface area contributed by atoms with Gasteiger partial charge in [-0.25, -0.2) is 4.39 Å². The zero-order valence-corrected chi connectivity index (χ0v) is 13.4. The predicted molar refractivity (Wildman–Crippen MR) is 86.0 cm³/mol. The normalized spacial score (nSPS) is 10.5. The molecule has 0 atom stereocenters. The van der Waals surface area contributed by atoms with Crippen molar-refractivity contribution in [3.8, 4) is 11.3 Å². The summed E-state index contributed by atoms with van der Waals surface area (Å²) in [7, 11) is 0. The molecule has 0 amide bonds. The Morgan fingerprint density at radius 1 is 1.23 bits per heavy atom. The molecule has 0 radical (unpaired) electrons. The minimum Gasteiger partial charge on any atom is -0.460 e. The van der Waals surface area contributed by atoms with Crippen molar-refractivity contribution < 1.29 is 18.7 Å². The first-order valence-electron chi connectivity index (χ1n) is 6.64. The maximum absolute atomic E-state index is 13.1. The van der Waals surface area contributed by atoms with Gasteiger partial charge in [0.25, 0.3) is 0 Å². The van der Waals surface area contributed by atoms with Gasteiger partial charge in [-0.05, 0) is 30.3 Å². The summed E-state index contributed by atoms with van der Waals surface area (Å²) in [6, 6.07) is 8.16. The van der Waals surface area contributed by atoms with Crippen LogP contribution in [0.25, 0.3) is 11.3 Å². The molecule has 0 fully saturated rings. The van der Waals surface area contributed by atoms with Crippen molar-refractivity contribution >= 4 is 24.0 Å². The summed E-state index contributed by atoms with van der Waals surface area (Å²) in [5.74, 6) is 0.967. The van der Waals surface area contributed by atoms with Crippen molar-refractivity contribution in [3.05, 3.63) is 46.9 Å². The zero-order valence-electron chi connectivity index (χ0n) is 11.9. The van der Waals surface area contributed by atoms with Gasteiger partial charge in [-0.2, -0.15) is 0 Å². The Morgan fingerprint density at radius 3 is 2.77 bits per heavy atom. The molecule has 0 bridgehead atoms. The molecule has 7 heteroatoms. The van der Waals surface area contributed by atoms with Crippen LogP contribution in [0, 0.1) is 5.82 Å². The van der Waals surface area contributed by atoms with Crippen LogP contribution in [0.1, 0.15) is 5.76 Å². The number of hydrogen-bond donors (Lipinski definition) is 2. The van der Waals surface area contributed by atoms with E-state index in [1.165, 1.54) is 12.1 Å². The first-order chi connectivity index (χ1) is 10.2. The Labute approximate surface area is 139 Å². The van der Waals surface area contributed by atoms with Crippen molar-refractivity contribution in [2.24, 2.45) is 0 Å². The van der Waals surface area contributed by atoms with Crippen LogP contribution < -0.4 is 5.32 Å². The average Bonchev–Trinajstić information content (AvgIpc) is 2.94. The zero-order chi connectivity index (χ0) is 15.1. The van der Waals surface area contributed by atoms with Crippen LogP contribution in [0.4, 0.5) is 4.39 Å². The van der Waals surface area contributed by atoms with Crippen LogP contribution in [0.3, 0.4) is 0 Å². The third-order valence-corrected chi connectivity index (χ3v) is 3.11. The summed E-state index contributed by atoms with van der Waals surface area (Å²) in [4.78, 5) is 0. The minimum atomic E-state index is -0.447. The fourth-order valence-electron chi connectivity index (χ4n) is 1.80. The molecule has 0 aliphatic carbocycles. The first kappa shape index (κ1) is 18.9. The number of ether oxygens (including phenoxy) is 1. The summed E-state index contributed by atoms with van der Waals surface area (Å²) in [6.45, 7) is 2.14. The highest BCUT2D eigenvalue weighted by molar-refractivity contribution is 6.31. The first-order valence-corrected chi connectivity index (χ1v) is 7.02. The molecule has 1 heterocycles. The van der Waals surface area contributed by atoms with Crippen molar-refractivity contribution in [1.29, 1.82) is 0 Å². The van der Waals surface area contributed by atoms with E-state index in [0.29, 0.717) is 32.1 Å². The van der Waals surface area contributed by atoms with Crippen LogP contribution in [0.2, 0.25) is 5.02 Å². The van der Waals surface area contributed by atoms with Crippen molar-refractivity contribution in [3.63, 3.8) is 0 Å². The van der Waals surface area contributed by atoms with E-state index in [9.17, 15) is 4.39 Å². The van der Waals surface area contributed by atoms with Gasteiger partial charge in [0.05, 0.1) is 31.4 Å². The molecule has 122 valence electrons. The molecule has 0 spiro atoms. The smallest absolute Gasteiger partial charge is 0.141 e. The number of halogens is 3. The second-order valence-electron chi connectivity index (χ2n) is 4.41. The Morgan fingerprint density at radius 2 is 2.05 bits per heavy atom. The second-order valence-corrected chi connectivity index (χ2v) is 4.81. The average molecular weight is 350 g/mol. The molecular weight excluding hydrogens is 332 g/mol. The summed E-state index contributed by atoms with van der Waals surface area (Å²) < 4.78 is 23.9. The Hall–Kier alpha value is -1.11. The highest BCUT2D eigenvalue weighted by Crippen LogP contribution is 2.26. The lowest BCUT2D eigenvalue weighted by molar-refractivity contribution is 0.0936. The van der Waals surface area contributed by atoms with Crippen LogP contribution >= 0.6 is 24.0 Å². The number of aliphatic hydroxyl groups excluding tert-OH is 1. The minimum absolute atomic E-state index is 0. The Kier molecular flexibility index (Phi) is 8.45. The SMILES string of the molecule is Cl.OCCOCCNCc1ccc(-c2ccc(F)c(Cl)c2)o1. The summed E-state index contributed by atoms with van der Waals surface area (Å²) in [5, 5.41) is 11.8. The third kappa shape index (κ3) is 5.59. The van der Waals surface area contributed by atoms with Gasteiger partial charge in [-0.15, -0.1) is 12.4 Å². The fourth-order valence-corrected chi connectivity index (χ4v) is 1.98. The molecule has 4 nitrogen and oxygen atoms in total. The van der Waals surface area contributed by atoms with Crippen LogP contribution in [0.5, 0.6) is 0 Å². The lowest BCUT2D eigenvalue weighted by atomic mass is 10.2. The number of rotatable bonds is 8. The topological polar surface area (TPSA) is 54.6 Å². The van der Waals surface area contributed by atoms with E-state index in [1.54, 1.807) is 6.07 Å².